The predicted octanol–water partition coefficient (Wildman–Crippen LogP) is 8.50. The zero-order valence-corrected chi connectivity index (χ0v) is 22.5. The summed E-state index contributed by atoms with van der Waals surface area (Å²) in [5.41, 5.74) is 7.85. The van der Waals surface area contributed by atoms with Crippen LogP contribution in [0, 0.1) is 37.5 Å². The van der Waals surface area contributed by atoms with Gasteiger partial charge in [0.2, 0.25) is 0 Å². The molecule has 0 aliphatic heterocycles. The second kappa shape index (κ2) is 10.8. The van der Waals surface area contributed by atoms with Crippen LogP contribution >= 0.6 is 0 Å². The van der Waals surface area contributed by atoms with Crippen molar-refractivity contribution >= 4 is 22.7 Å². The molecule has 0 N–H and O–H groups in total. The summed E-state index contributed by atoms with van der Waals surface area (Å²) in [6.45, 7) is 8.30. The predicted molar refractivity (Wildman–Crippen MR) is 156 cm³/mol. The molecule has 4 aromatic carbocycles. The Balaban J connectivity index is 1.76. The second-order valence-corrected chi connectivity index (χ2v) is 10.7. The van der Waals surface area contributed by atoms with Crippen molar-refractivity contribution in [2.45, 2.75) is 27.7 Å². The van der Waals surface area contributed by atoms with Gasteiger partial charge in [-0.15, -0.1) is 0 Å². The molecule has 4 atom stereocenters. The smallest absolute Gasteiger partial charge is 0.170 e. The van der Waals surface area contributed by atoms with Crippen molar-refractivity contribution in [3.8, 4) is 0 Å². The van der Waals surface area contributed by atoms with E-state index in [2.05, 4.69) is 38.1 Å². The first-order valence-electron chi connectivity index (χ1n) is 13.4. The number of carbonyl (C=O) groups is 2. The molecule has 2 nitrogen and oxygen atoms in total. The molecule has 4 aromatic rings. The Bertz CT molecular complexity index is 1460. The molecule has 0 bridgehead atoms. The fourth-order valence-electron chi connectivity index (χ4n) is 6.15. The van der Waals surface area contributed by atoms with Gasteiger partial charge >= 0.3 is 0 Å². The van der Waals surface area contributed by atoms with Crippen LogP contribution in [0.1, 0.15) is 56.8 Å². The first-order valence-corrected chi connectivity index (χ1v) is 13.4. The van der Waals surface area contributed by atoms with Crippen LogP contribution in [-0.4, -0.2) is 11.6 Å². The molecule has 1 aliphatic rings. The third kappa shape index (κ3) is 4.79. The summed E-state index contributed by atoms with van der Waals surface area (Å²) in [7, 11) is 0. The van der Waals surface area contributed by atoms with Crippen LogP contribution in [0.25, 0.3) is 11.1 Å². The molecular formula is C36H34O2. The lowest BCUT2D eigenvalue weighted by atomic mass is 9.59. The van der Waals surface area contributed by atoms with Crippen molar-refractivity contribution in [1.82, 2.24) is 0 Å². The Morgan fingerprint density at radius 3 is 1.42 bits per heavy atom. The molecule has 1 aliphatic carbocycles. The zero-order valence-electron chi connectivity index (χ0n) is 22.5. The Morgan fingerprint density at radius 1 is 0.526 bits per heavy atom. The molecule has 38 heavy (non-hydrogen) atoms. The number of carbonyl (C=O) groups excluding carboxylic acids is 2. The maximum absolute atomic E-state index is 14.4. The van der Waals surface area contributed by atoms with Crippen molar-refractivity contribution in [3.63, 3.8) is 0 Å². The van der Waals surface area contributed by atoms with Crippen LogP contribution in [0.5, 0.6) is 0 Å². The first-order chi connectivity index (χ1) is 18.4. The van der Waals surface area contributed by atoms with Gasteiger partial charge in [0.25, 0.3) is 0 Å². The van der Waals surface area contributed by atoms with Gasteiger partial charge in [-0.25, -0.2) is 0 Å². The molecule has 0 spiro atoms. The van der Waals surface area contributed by atoms with Gasteiger partial charge in [0, 0.05) is 17.0 Å². The monoisotopic (exact) mass is 498 g/mol. The fourth-order valence-corrected chi connectivity index (χ4v) is 6.15. The zero-order chi connectivity index (χ0) is 26.8. The summed E-state index contributed by atoms with van der Waals surface area (Å²) in [6, 6.07) is 36.2. The summed E-state index contributed by atoms with van der Waals surface area (Å²) in [6.07, 6.45) is 0. The standard InChI is InChI=1S/C36H34O2/c1-23-15-19-29(20-16-23)35(37)31-25(3)32(27-11-7-5-8-12-27)34(28-13-9-6-10-14-28)33(26(31)4)36(38)30-21-17-24(2)18-22-30/h5-22,25-26,31,33H,1-4H3/t25-,26+,31+,33-/m1/s1. The lowest BCUT2D eigenvalue weighted by molar-refractivity contribution is 0.0763. The Morgan fingerprint density at radius 2 is 0.947 bits per heavy atom. The molecule has 0 heterocycles. The summed E-state index contributed by atoms with van der Waals surface area (Å²) in [5, 5.41) is 0. The molecule has 5 rings (SSSR count). The van der Waals surface area contributed by atoms with Gasteiger partial charge < -0.3 is 0 Å². The van der Waals surface area contributed by atoms with Crippen LogP contribution in [0.4, 0.5) is 0 Å². The minimum Gasteiger partial charge on any atom is -0.294 e. The Labute approximate surface area is 226 Å². The largest absolute Gasteiger partial charge is 0.294 e. The van der Waals surface area contributed by atoms with E-state index in [9.17, 15) is 9.59 Å². The van der Waals surface area contributed by atoms with Gasteiger partial charge in [0.1, 0.15) is 0 Å². The molecule has 0 aromatic heterocycles. The van der Waals surface area contributed by atoms with E-state index >= 15 is 0 Å². The number of rotatable bonds is 6. The van der Waals surface area contributed by atoms with E-state index < -0.39 is 5.92 Å². The number of ketones is 2. The van der Waals surface area contributed by atoms with Crippen molar-refractivity contribution in [3.05, 3.63) is 143 Å². The average Bonchev–Trinajstić information content (AvgIpc) is 2.94. The van der Waals surface area contributed by atoms with E-state index in [1.165, 1.54) is 0 Å². The quantitative estimate of drug-likeness (QED) is 0.250. The lowest BCUT2D eigenvalue weighted by Crippen LogP contribution is -2.41. The number of benzene rings is 4. The van der Waals surface area contributed by atoms with Gasteiger partial charge in [-0.3, -0.25) is 9.59 Å². The second-order valence-electron chi connectivity index (χ2n) is 10.7. The highest BCUT2D eigenvalue weighted by molar-refractivity contribution is 6.12. The van der Waals surface area contributed by atoms with Gasteiger partial charge in [-0.1, -0.05) is 134 Å². The van der Waals surface area contributed by atoms with E-state index in [1.54, 1.807) is 0 Å². The van der Waals surface area contributed by atoms with E-state index in [1.807, 2.05) is 98.8 Å². The van der Waals surface area contributed by atoms with Crippen molar-refractivity contribution in [2.24, 2.45) is 23.7 Å². The molecule has 0 saturated carbocycles. The fraction of sp³-hybridized carbons (Fsp3) is 0.222. The minimum atomic E-state index is -0.453. The van der Waals surface area contributed by atoms with Crippen molar-refractivity contribution < 1.29 is 9.59 Å². The molecule has 0 unspecified atom stereocenters. The van der Waals surface area contributed by atoms with Gasteiger partial charge in [-0.2, -0.15) is 0 Å². The normalized spacial score (nSPS) is 21.3. The highest BCUT2D eigenvalue weighted by Crippen LogP contribution is 2.52. The Hall–Kier alpha value is -4.04. The van der Waals surface area contributed by atoms with Crippen molar-refractivity contribution in [2.75, 3.05) is 0 Å². The minimum absolute atomic E-state index is 0.0680. The van der Waals surface area contributed by atoms with E-state index in [0.717, 1.165) is 33.4 Å². The number of Topliss-reactive ketones (excluding diaryl/α,β-unsaturated/α-hetero) is 2. The molecule has 190 valence electrons. The maximum atomic E-state index is 14.4. The van der Waals surface area contributed by atoms with E-state index in [-0.39, 0.29) is 29.3 Å². The molecular weight excluding hydrogens is 464 g/mol. The molecule has 0 saturated heterocycles. The molecule has 0 amide bonds. The van der Waals surface area contributed by atoms with Crippen LogP contribution in [0.15, 0.2) is 109 Å². The summed E-state index contributed by atoms with van der Waals surface area (Å²) >= 11 is 0. The third-order valence-corrected chi connectivity index (χ3v) is 8.11. The van der Waals surface area contributed by atoms with Crippen LogP contribution in [-0.2, 0) is 0 Å². The van der Waals surface area contributed by atoms with Gasteiger partial charge in [0.15, 0.2) is 11.6 Å². The molecule has 0 fully saturated rings. The topological polar surface area (TPSA) is 34.1 Å². The number of hydrogen-bond donors (Lipinski definition) is 0. The molecule has 0 radical (unpaired) electrons. The average molecular weight is 499 g/mol. The summed E-state index contributed by atoms with van der Waals surface area (Å²) < 4.78 is 0. The Kier molecular flexibility index (Phi) is 7.24. The van der Waals surface area contributed by atoms with Gasteiger partial charge in [0.05, 0.1) is 5.92 Å². The van der Waals surface area contributed by atoms with Crippen LogP contribution in [0.3, 0.4) is 0 Å². The first kappa shape index (κ1) is 25.6. The SMILES string of the molecule is Cc1ccc(C(=O)[C@H]2C(c3ccccc3)=C(c3ccccc3)[C@H](C)[C@H](C(=O)c3ccc(C)cc3)[C@@H]2C)cc1. The van der Waals surface area contributed by atoms with Gasteiger partial charge in [-0.05, 0) is 48.0 Å². The number of aryl methyl sites for hydroxylation is 2. The van der Waals surface area contributed by atoms with Crippen molar-refractivity contribution in [1.29, 1.82) is 0 Å². The summed E-state index contributed by atoms with van der Waals surface area (Å²) in [4.78, 5) is 28.6. The van der Waals surface area contributed by atoms with E-state index in [0.29, 0.717) is 11.1 Å². The highest BCUT2D eigenvalue weighted by Gasteiger charge is 2.47. The summed E-state index contributed by atoms with van der Waals surface area (Å²) in [5.74, 6) is -0.870. The number of hydrogen-bond acceptors (Lipinski definition) is 2. The van der Waals surface area contributed by atoms with Crippen LogP contribution < -0.4 is 0 Å². The highest BCUT2D eigenvalue weighted by atomic mass is 16.1. The number of allylic oxidation sites excluding steroid dienone is 2. The maximum Gasteiger partial charge on any atom is 0.170 e. The lowest BCUT2D eigenvalue weighted by Gasteiger charge is -2.42. The van der Waals surface area contributed by atoms with E-state index in [4.69, 9.17) is 0 Å². The molecule has 2 heteroatoms. The van der Waals surface area contributed by atoms with Crippen LogP contribution in [0.2, 0.25) is 0 Å². The third-order valence-electron chi connectivity index (χ3n) is 8.11.